The normalized spacial score (nSPS) is 11.5. The molecule has 0 radical (unpaired) electrons. The summed E-state index contributed by atoms with van der Waals surface area (Å²) in [4.78, 5) is 9.59. The molecule has 0 aliphatic carbocycles. The number of fused-ring (bicyclic) bond motifs is 4. The molecule has 0 spiro atoms. The first-order valence-electron chi connectivity index (χ1n) is 7.95. The van der Waals surface area contributed by atoms with E-state index in [0.717, 1.165) is 33.4 Å². The summed E-state index contributed by atoms with van der Waals surface area (Å²) in [7, 11) is 0. The minimum Gasteiger partial charge on any atom is -0.436 e. The summed E-state index contributed by atoms with van der Waals surface area (Å²) in [6.45, 7) is 2.01. The number of nitrogens with zero attached hydrogens (tertiary/aromatic N) is 2. The quantitative estimate of drug-likeness (QED) is 0.410. The van der Waals surface area contributed by atoms with Gasteiger partial charge in [-0.25, -0.2) is 9.97 Å². The first-order chi connectivity index (χ1) is 11.8. The summed E-state index contributed by atoms with van der Waals surface area (Å²) in [6, 6.07) is 22.5. The van der Waals surface area contributed by atoms with Crippen LogP contribution in [0.1, 0.15) is 5.69 Å². The van der Waals surface area contributed by atoms with Crippen molar-refractivity contribution in [3.63, 3.8) is 0 Å². The Kier molecular flexibility index (Phi) is 2.71. The summed E-state index contributed by atoms with van der Waals surface area (Å²) in [5.74, 6) is 0. The van der Waals surface area contributed by atoms with E-state index < -0.39 is 0 Å². The highest BCUT2D eigenvalue weighted by Gasteiger charge is 2.15. The highest BCUT2D eigenvalue weighted by atomic mass is 16.3. The summed E-state index contributed by atoms with van der Waals surface area (Å²) in [6.07, 6.45) is 0. The van der Waals surface area contributed by atoms with Crippen molar-refractivity contribution in [1.29, 1.82) is 0 Å². The molecule has 5 rings (SSSR count). The van der Waals surface area contributed by atoms with E-state index in [1.54, 1.807) is 0 Å². The van der Waals surface area contributed by atoms with E-state index in [4.69, 9.17) is 14.4 Å². The predicted molar refractivity (Wildman–Crippen MR) is 97.0 cm³/mol. The average molecular weight is 310 g/mol. The lowest BCUT2D eigenvalue weighted by molar-refractivity contribution is 0.653. The Bertz CT molecular complexity index is 1220. The fourth-order valence-electron chi connectivity index (χ4n) is 3.29. The number of aryl methyl sites for hydroxylation is 1. The molecule has 0 saturated heterocycles. The Hall–Kier alpha value is -3.20. The molecule has 114 valence electrons. The number of hydrogen-bond acceptors (Lipinski definition) is 3. The van der Waals surface area contributed by atoms with E-state index in [2.05, 4.69) is 30.3 Å². The molecule has 0 aliphatic heterocycles. The lowest BCUT2D eigenvalue weighted by Crippen LogP contribution is -1.93. The van der Waals surface area contributed by atoms with Crippen molar-refractivity contribution in [1.82, 2.24) is 9.97 Å². The highest BCUT2D eigenvalue weighted by molar-refractivity contribution is 6.02. The Morgan fingerprint density at radius 1 is 0.750 bits per heavy atom. The van der Waals surface area contributed by atoms with Gasteiger partial charge in [-0.15, -0.1) is 0 Å². The van der Waals surface area contributed by atoms with Gasteiger partial charge in [0.2, 0.25) is 5.71 Å². The Morgan fingerprint density at radius 2 is 1.50 bits per heavy atom. The van der Waals surface area contributed by atoms with Crippen molar-refractivity contribution in [2.75, 3.05) is 0 Å². The molecule has 0 N–H and O–H groups in total. The van der Waals surface area contributed by atoms with Gasteiger partial charge in [0.1, 0.15) is 11.1 Å². The van der Waals surface area contributed by atoms with Gasteiger partial charge in [0.05, 0.1) is 11.4 Å². The smallest absolute Gasteiger partial charge is 0.246 e. The number of aromatic nitrogens is 2. The van der Waals surface area contributed by atoms with E-state index >= 15 is 0 Å². The van der Waals surface area contributed by atoms with E-state index in [0.29, 0.717) is 5.71 Å². The van der Waals surface area contributed by atoms with Crippen LogP contribution in [0.2, 0.25) is 0 Å². The maximum atomic E-state index is 5.91. The van der Waals surface area contributed by atoms with Crippen molar-refractivity contribution >= 4 is 33.0 Å². The van der Waals surface area contributed by atoms with Crippen molar-refractivity contribution in [2.45, 2.75) is 6.92 Å². The predicted octanol–water partition coefficient (Wildman–Crippen LogP) is 5.50. The van der Waals surface area contributed by atoms with E-state index in [1.807, 2.05) is 43.3 Å². The average Bonchev–Trinajstić information content (AvgIpc) is 2.98. The van der Waals surface area contributed by atoms with Gasteiger partial charge >= 0.3 is 0 Å². The van der Waals surface area contributed by atoms with Gasteiger partial charge in [0, 0.05) is 10.9 Å². The zero-order chi connectivity index (χ0) is 16.1. The standard InChI is InChI=1S/C21H14N2O/c1-13-19(16-11-6-8-14-7-2-3-9-15(14)16)23-21-20(22-13)17-10-4-5-12-18(17)24-21/h2-12H,1H3. The van der Waals surface area contributed by atoms with Gasteiger partial charge in [-0.3, -0.25) is 0 Å². The van der Waals surface area contributed by atoms with Crippen LogP contribution in [0.5, 0.6) is 0 Å². The molecule has 3 nitrogen and oxygen atoms in total. The molecule has 3 heteroatoms. The largest absolute Gasteiger partial charge is 0.436 e. The molecule has 5 aromatic rings. The van der Waals surface area contributed by atoms with Crippen LogP contribution in [0.15, 0.2) is 71.1 Å². The number of benzene rings is 3. The molecule has 0 bridgehead atoms. The maximum absolute atomic E-state index is 5.91. The van der Waals surface area contributed by atoms with Crippen molar-refractivity contribution < 1.29 is 4.42 Å². The zero-order valence-electron chi connectivity index (χ0n) is 13.2. The second kappa shape index (κ2) is 4.90. The van der Waals surface area contributed by atoms with Gasteiger partial charge in [-0.05, 0) is 29.8 Å². The van der Waals surface area contributed by atoms with Crippen LogP contribution in [-0.2, 0) is 0 Å². The molecule has 0 aliphatic rings. The summed E-state index contributed by atoms with van der Waals surface area (Å²) in [5.41, 5.74) is 5.10. The Morgan fingerprint density at radius 3 is 2.42 bits per heavy atom. The van der Waals surface area contributed by atoms with Gasteiger partial charge < -0.3 is 4.42 Å². The van der Waals surface area contributed by atoms with E-state index in [9.17, 15) is 0 Å². The third-order valence-electron chi connectivity index (χ3n) is 4.43. The minimum atomic E-state index is 0.588. The number of hydrogen-bond donors (Lipinski definition) is 0. The van der Waals surface area contributed by atoms with Crippen LogP contribution in [0.4, 0.5) is 0 Å². The second-order valence-electron chi connectivity index (χ2n) is 5.94. The van der Waals surface area contributed by atoms with Gasteiger partial charge in [-0.2, -0.15) is 0 Å². The third-order valence-corrected chi connectivity index (χ3v) is 4.43. The number of para-hydroxylation sites is 1. The summed E-state index contributed by atoms with van der Waals surface area (Å²) in [5, 5.41) is 3.38. The van der Waals surface area contributed by atoms with Crippen LogP contribution < -0.4 is 0 Å². The first kappa shape index (κ1) is 13.3. The first-order valence-corrected chi connectivity index (χ1v) is 7.95. The van der Waals surface area contributed by atoms with Crippen LogP contribution in [0.25, 0.3) is 44.2 Å². The van der Waals surface area contributed by atoms with Crippen LogP contribution >= 0.6 is 0 Å². The van der Waals surface area contributed by atoms with E-state index in [-0.39, 0.29) is 0 Å². The molecule has 2 heterocycles. The topological polar surface area (TPSA) is 38.9 Å². The van der Waals surface area contributed by atoms with Crippen LogP contribution in [-0.4, -0.2) is 9.97 Å². The van der Waals surface area contributed by atoms with Gasteiger partial charge in [-0.1, -0.05) is 54.6 Å². The number of rotatable bonds is 1. The Balaban J connectivity index is 1.86. The fourth-order valence-corrected chi connectivity index (χ4v) is 3.29. The van der Waals surface area contributed by atoms with E-state index in [1.165, 1.54) is 10.8 Å². The molecule has 0 unspecified atom stereocenters. The third kappa shape index (κ3) is 1.85. The summed E-state index contributed by atoms with van der Waals surface area (Å²) < 4.78 is 5.91. The second-order valence-corrected chi connectivity index (χ2v) is 5.94. The van der Waals surface area contributed by atoms with Crippen molar-refractivity contribution in [3.05, 3.63) is 72.4 Å². The molecule has 0 amide bonds. The molecule has 24 heavy (non-hydrogen) atoms. The fraction of sp³-hybridized carbons (Fsp3) is 0.0476. The molecule has 3 aromatic carbocycles. The highest BCUT2D eigenvalue weighted by Crippen LogP contribution is 2.32. The SMILES string of the molecule is Cc1nc2c(nc1-c1cccc3ccccc13)oc1ccccc12. The molecular weight excluding hydrogens is 296 g/mol. The Labute approximate surface area is 138 Å². The monoisotopic (exact) mass is 310 g/mol. The van der Waals surface area contributed by atoms with Gasteiger partial charge in [0.25, 0.3) is 0 Å². The molecule has 0 saturated carbocycles. The van der Waals surface area contributed by atoms with Crippen molar-refractivity contribution in [2.24, 2.45) is 0 Å². The lowest BCUT2D eigenvalue weighted by Gasteiger charge is -2.08. The molecule has 0 fully saturated rings. The molecular formula is C21H14N2O. The lowest BCUT2D eigenvalue weighted by atomic mass is 10.0. The zero-order valence-corrected chi connectivity index (χ0v) is 13.2. The number of furan rings is 1. The minimum absolute atomic E-state index is 0.588. The van der Waals surface area contributed by atoms with Crippen molar-refractivity contribution in [3.8, 4) is 11.3 Å². The molecule has 0 atom stereocenters. The van der Waals surface area contributed by atoms with Crippen LogP contribution in [0.3, 0.4) is 0 Å². The van der Waals surface area contributed by atoms with Crippen LogP contribution in [0, 0.1) is 6.92 Å². The van der Waals surface area contributed by atoms with Gasteiger partial charge in [0.15, 0.2) is 0 Å². The maximum Gasteiger partial charge on any atom is 0.246 e. The summed E-state index contributed by atoms with van der Waals surface area (Å²) >= 11 is 0. The molecule has 2 aromatic heterocycles.